The minimum atomic E-state index is 0.474. The molecule has 0 aromatic heterocycles. The molecule has 3 saturated heterocycles. The third-order valence-corrected chi connectivity index (χ3v) is 4.42. The summed E-state index contributed by atoms with van der Waals surface area (Å²) in [6, 6.07) is 12.0. The number of hydrogen-bond donors (Lipinski definition) is 1. The Balaban J connectivity index is 1.64. The van der Waals surface area contributed by atoms with E-state index in [0.29, 0.717) is 12.1 Å². The maximum Gasteiger partial charge on any atom is 0.0294 e. The Morgan fingerprint density at radius 2 is 1.94 bits per heavy atom. The van der Waals surface area contributed by atoms with E-state index in [9.17, 15) is 0 Å². The number of nitrogens with one attached hydrogen (secondary N) is 1. The fourth-order valence-electron chi connectivity index (χ4n) is 3.31. The predicted molar refractivity (Wildman–Crippen MR) is 70.9 cm³/mol. The van der Waals surface area contributed by atoms with E-state index < -0.39 is 0 Å². The topological polar surface area (TPSA) is 15.3 Å². The number of hydrogen-bond acceptors (Lipinski definition) is 2. The first-order chi connectivity index (χ1) is 8.33. The summed E-state index contributed by atoms with van der Waals surface area (Å²) in [7, 11) is 0. The number of benzene rings is 1. The van der Waals surface area contributed by atoms with Gasteiger partial charge in [0.2, 0.25) is 0 Å². The maximum atomic E-state index is 3.82. The molecule has 2 bridgehead atoms. The van der Waals surface area contributed by atoms with Crippen LogP contribution in [0.25, 0.3) is 0 Å². The molecule has 2 nitrogen and oxygen atoms in total. The zero-order chi connectivity index (χ0) is 11.7. The second-order valence-corrected chi connectivity index (χ2v) is 5.54. The quantitative estimate of drug-likeness (QED) is 0.861. The second-order valence-electron chi connectivity index (χ2n) is 5.54. The number of nitrogens with zero attached hydrogens (tertiary/aromatic N) is 1. The molecule has 3 heterocycles. The first-order valence-electron chi connectivity index (χ1n) is 6.86. The van der Waals surface area contributed by atoms with Gasteiger partial charge in [0.1, 0.15) is 0 Å². The van der Waals surface area contributed by atoms with Crippen LogP contribution < -0.4 is 5.32 Å². The fraction of sp³-hybridized carbons (Fsp3) is 0.600. The molecule has 0 amide bonds. The minimum absolute atomic E-state index is 0.474. The molecule has 92 valence electrons. The highest BCUT2D eigenvalue weighted by Crippen LogP contribution is 2.29. The summed E-state index contributed by atoms with van der Waals surface area (Å²) in [5, 5.41) is 3.82. The van der Waals surface area contributed by atoms with E-state index in [4.69, 9.17) is 0 Å². The van der Waals surface area contributed by atoms with Gasteiger partial charge in [-0.25, -0.2) is 0 Å². The van der Waals surface area contributed by atoms with Crippen molar-refractivity contribution < 1.29 is 0 Å². The number of fused-ring (bicyclic) bond motifs is 3. The Bertz CT molecular complexity index is 354. The summed E-state index contributed by atoms with van der Waals surface area (Å²) in [4.78, 5) is 2.61. The summed E-state index contributed by atoms with van der Waals surface area (Å²) in [5.41, 5.74) is 1.41. The lowest BCUT2D eigenvalue weighted by molar-refractivity contribution is 0.0680. The molecule has 0 aliphatic carbocycles. The van der Waals surface area contributed by atoms with Gasteiger partial charge in [0.05, 0.1) is 0 Å². The average Bonchev–Trinajstić information content (AvgIpc) is 2.41. The molecule has 0 unspecified atom stereocenters. The van der Waals surface area contributed by atoms with Crippen molar-refractivity contribution in [2.24, 2.45) is 5.92 Å². The molecule has 1 N–H and O–H groups in total. The van der Waals surface area contributed by atoms with Gasteiger partial charge in [-0.2, -0.15) is 0 Å². The van der Waals surface area contributed by atoms with Gasteiger partial charge in [-0.3, -0.25) is 0 Å². The van der Waals surface area contributed by atoms with Gasteiger partial charge in [-0.05, 0) is 44.3 Å². The summed E-state index contributed by atoms with van der Waals surface area (Å²) in [6.45, 7) is 6.18. The molecule has 0 radical (unpaired) electrons. The van der Waals surface area contributed by atoms with Gasteiger partial charge < -0.3 is 10.2 Å². The Morgan fingerprint density at radius 1 is 1.24 bits per heavy atom. The highest BCUT2D eigenvalue weighted by molar-refractivity contribution is 5.18. The predicted octanol–water partition coefficient (Wildman–Crippen LogP) is 2.43. The highest BCUT2D eigenvalue weighted by Gasteiger charge is 2.34. The molecule has 17 heavy (non-hydrogen) atoms. The van der Waals surface area contributed by atoms with Crippen LogP contribution in [0.15, 0.2) is 30.3 Å². The third kappa shape index (κ3) is 2.38. The first kappa shape index (κ1) is 11.2. The molecule has 1 aromatic rings. The lowest BCUT2D eigenvalue weighted by atomic mass is 10.0. The summed E-state index contributed by atoms with van der Waals surface area (Å²) < 4.78 is 0. The van der Waals surface area contributed by atoms with Gasteiger partial charge in [0, 0.05) is 18.6 Å². The highest BCUT2D eigenvalue weighted by atomic mass is 15.6. The third-order valence-electron chi connectivity index (χ3n) is 4.42. The molecule has 2 atom stereocenters. The summed E-state index contributed by atoms with van der Waals surface area (Å²) in [5.74, 6) is 0.908. The van der Waals surface area contributed by atoms with Crippen LogP contribution in [0.4, 0.5) is 0 Å². The lowest BCUT2D eigenvalue weighted by Gasteiger charge is -2.46. The Morgan fingerprint density at radius 3 is 2.53 bits per heavy atom. The van der Waals surface area contributed by atoms with Crippen molar-refractivity contribution in [2.45, 2.75) is 31.8 Å². The Hall–Kier alpha value is -0.860. The monoisotopic (exact) mass is 232 g/mol. The molecule has 1 aromatic carbocycles. The van der Waals surface area contributed by atoms with Crippen LogP contribution in [-0.4, -0.2) is 30.6 Å². The number of piperidine rings is 3. The Kier molecular flexibility index (Phi) is 3.17. The van der Waals surface area contributed by atoms with E-state index in [2.05, 4.69) is 47.5 Å². The van der Waals surface area contributed by atoms with Crippen molar-refractivity contribution in [1.29, 1.82) is 0 Å². The first-order valence-corrected chi connectivity index (χ1v) is 6.86. The molecule has 0 spiro atoms. The average molecular weight is 232 g/mol. The van der Waals surface area contributed by atoms with Crippen LogP contribution in [0.5, 0.6) is 0 Å². The molecule has 3 aliphatic rings. The minimum Gasteiger partial charge on any atom is -0.306 e. The van der Waals surface area contributed by atoms with Gasteiger partial charge in [-0.15, -0.1) is 0 Å². The van der Waals surface area contributed by atoms with Crippen molar-refractivity contribution >= 4 is 0 Å². The molecule has 3 fully saturated rings. The smallest absolute Gasteiger partial charge is 0.0294 e. The van der Waals surface area contributed by atoms with Crippen LogP contribution in [0, 0.1) is 5.92 Å². The molecular formula is C15H22N2. The molecule has 0 saturated carbocycles. The van der Waals surface area contributed by atoms with Gasteiger partial charge >= 0.3 is 0 Å². The Labute approximate surface area is 104 Å². The van der Waals surface area contributed by atoms with E-state index >= 15 is 0 Å². The van der Waals surface area contributed by atoms with Crippen LogP contribution in [0.1, 0.15) is 31.4 Å². The largest absolute Gasteiger partial charge is 0.306 e. The maximum absolute atomic E-state index is 3.82. The van der Waals surface area contributed by atoms with Crippen LogP contribution in [0.2, 0.25) is 0 Å². The van der Waals surface area contributed by atoms with Crippen LogP contribution >= 0.6 is 0 Å². The molecule has 3 aliphatic heterocycles. The van der Waals surface area contributed by atoms with Gasteiger partial charge in [0.25, 0.3) is 0 Å². The van der Waals surface area contributed by atoms with E-state index in [1.54, 1.807) is 0 Å². The molecule has 4 rings (SSSR count). The summed E-state index contributed by atoms with van der Waals surface area (Å²) in [6.07, 6.45) is 2.78. The second kappa shape index (κ2) is 4.79. The standard InChI is InChI=1S/C15H22N2/c1-12(13-5-3-2-4-6-13)16-15-11-17-9-7-14(15)8-10-17/h2-6,12,14-16H,7-11H2,1H3/t12-,15+/m1/s1/i15+2. The van der Waals surface area contributed by atoms with E-state index in [1.807, 2.05) is 0 Å². The van der Waals surface area contributed by atoms with E-state index in [0.717, 1.165) is 5.92 Å². The van der Waals surface area contributed by atoms with Crippen molar-refractivity contribution in [3.63, 3.8) is 0 Å². The van der Waals surface area contributed by atoms with Crippen molar-refractivity contribution in [3.8, 4) is 0 Å². The van der Waals surface area contributed by atoms with Crippen molar-refractivity contribution in [2.75, 3.05) is 19.6 Å². The van der Waals surface area contributed by atoms with Gasteiger partial charge in [0.15, 0.2) is 0 Å². The number of rotatable bonds is 3. The van der Waals surface area contributed by atoms with E-state index in [1.165, 1.54) is 38.0 Å². The van der Waals surface area contributed by atoms with Crippen molar-refractivity contribution in [1.82, 2.24) is 10.2 Å². The van der Waals surface area contributed by atoms with Crippen LogP contribution in [-0.2, 0) is 0 Å². The van der Waals surface area contributed by atoms with Crippen molar-refractivity contribution in [3.05, 3.63) is 35.9 Å². The van der Waals surface area contributed by atoms with Crippen LogP contribution in [0.3, 0.4) is 0 Å². The lowest BCUT2D eigenvalue weighted by Crippen LogP contribution is -2.56. The summed E-state index contributed by atoms with van der Waals surface area (Å²) >= 11 is 0. The SMILES string of the molecule is C[C@@H](N[14C@H]1CN2CCC1CC2)c1ccccc1. The van der Waals surface area contributed by atoms with E-state index in [-0.39, 0.29) is 0 Å². The zero-order valence-corrected chi connectivity index (χ0v) is 10.6. The normalized spacial score (nSPS) is 33.6. The van der Waals surface area contributed by atoms with Gasteiger partial charge in [-0.1, -0.05) is 30.3 Å². The fourth-order valence-corrected chi connectivity index (χ4v) is 3.31. The molecular weight excluding hydrogens is 210 g/mol. The zero-order valence-electron chi connectivity index (χ0n) is 10.6. The molecule has 2 heteroatoms.